The molecule has 2 atom stereocenters. The van der Waals surface area contributed by atoms with Gasteiger partial charge in [-0.15, -0.1) is 0 Å². The minimum absolute atomic E-state index is 0.283. The van der Waals surface area contributed by atoms with Gasteiger partial charge in [0.2, 0.25) is 5.91 Å². The molecule has 0 bridgehead atoms. The number of carbonyl (C=O) groups is 1. The summed E-state index contributed by atoms with van der Waals surface area (Å²) < 4.78 is 0. The molecule has 2 unspecified atom stereocenters. The molecular weight excluding hydrogens is 276 g/mol. The molecule has 2 fully saturated rings. The van der Waals surface area contributed by atoms with E-state index in [1.54, 1.807) is 6.92 Å². The second kappa shape index (κ2) is 5.26. The summed E-state index contributed by atoms with van der Waals surface area (Å²) in [4.78, 5) is 15.9. The van der Waals surface area contributed by atoms with Crippen molar-refractivity contribution in [1.29, 1.82) is 0 Å². The van der Waals surface area contributed by atoms with Gasteiger partial charge < -0.3 is 14.9 Å². The lowest BCUT2D eigenvalue weighted by molar-refractivity contribution is -0.129. The van der Waals surface area contributed by atoms with Crippen molar-refractivity contribution in [2.45, 2.75) is 31.9 Å². The number of carbonyl (C=O) groups excluding carboxylic acids is 1. The quantitative estimate of drug-likeness (QED) is 0.909. The first-order valence-corrected chi connectivity index (χ1v) is 7.46. The monoisotopic (exact) mass is 294 g/mol. The van der Waals surface area contributed by atoms with Gasteiger partial charge in [0.25, 0.3) is 0 Å². The number of halogens is 1. The lowest BCUT2D eigenvalue weighted by Crippen LogP contribution is -2.51. The van der Waals surface area contributed by atoms with Crippen molar-refractivity contribution >= 4 is 23.2 Å². The summed E-state index contributed by atoms with van der Waals surface area (Å²) in [5.41, 5.74) is 1.82. The lowest BCUT2D eigenvalue weighted by atomic mass is 10.1. The summed E-state index contributed by atoms with van der Waals surface area (Å²) in [5.74, 6) is 0.283. The molecule has 1 aromatic rings. The van der Waals surface area contributed by atoms with E-state index in [0.717, 1.165) is 37.3 Å². The van der Waals surface area contributed by atoms with Crippen molar-refractivity contribution in [1.82, 2.24) is 4.90 Å². The third kappa shape index (κ3) is 2.38. The molecule has 3 rings (SSSR count). The first-order valence-electron chi connectivity index (χ1n) is 7.08. The Hall–Kier alpha value is -1.26. The normalized spacial score (nSPS) is 23.9. The van der Waals surface area contributed by atoms with Crippen LogP contribution in [-0.2, 0) is 4.79 Å². The van der Waals surface area contributed by atoms with E-state index in [1.807, 2.05) is 23.1 Å². The number of aliphatic hydroxyl groups excluding tert-OH is 1. The van der Waals surface area contributed by atoms with Crippen LogP contribution < -0.4 is 4.90 Å². The maximum Gasteiger partial charge on any atom is 0.223 e. The summed E-state index contributed by atoms with van der Waals surface area (Å²) in [7, 11) is 0. The second-order valence-electron chi connectivity index (χ2n) is 5.61. The number of benzene rings is 1. The Morgan fingerprint density at radius 2 is 2.20 bits per heavy atom. The van der Waals surface area contributed by atoms with Gasteiger partial charge >= 0.3 is 0 Å². The van der Waals surface area contributed by atoms with Crippen molar-refractivity contribution in [3.8, 4) is 0 Å². The Morgan fingerprint density at radius 3 is 2.90 bits per heavy atom. The standard InChI is InChI=1S/C15H19ClN2O2/c1-10(19)11-2-4-14(13(16)8-11)17-6-7-18-12(9-17)3-5-15(18)20/h2,4,8,10,12,19H,3,5-7,9H2,1H3. The summed E-state index contributed by atoms with van der Waals surface area (Å²) in [6, 6.07) is 6.03. The van der Waals surface area contributed by atoms with Gasteiger partial charge in [0.05, 0.1) is 16.8 Å². The Labute approximate surface area is 123 Å². The van der Waals surface area contributed by atoms with Crippen LogP contribution in [0.2, 0.25) is 5.02 Å². The van der Waals surface area contributed by atoms with E-state index < -0.39 is 6.10 Å². The molecule has 5 heteroatoms. The maximum atomic E-state index is 11.7. The number of hydrogen-bond acceptors (Lipinski definition) is 3. The van der Waals surface area contributed by atoms with Crippen LogP contribution in [0.5, 0.6) is 0 Å². The van der Waals surface area contributed by atoms with Crippen LogP contribution >= 0.6 is 11.6 Å². The fraction of sp³-hybridized carbons (Fsp3) is 0.533. The third-order valence-corrected chi connectivity index (χ3v) is 4.59. The van der Waals surface area contributed by atoms with Gasteiger partial charge in [-0.3, -0.25) is 4.79 Å². The highest BCUT2D eigenvalue weighted by Crippen LogP contribution is 2.32. The smallest absolute Gasteiger partial charge is 0.223 e. The van der Waals surface area contributed by atoms with Crippen molar-refractivity contribution in [2.24, 2.45) is 0 Å². The molecule has 1 aromatic carbocycles. The van der Waals surface area contributed by atoms with Crippen molar-refractivity contribution < 1.29 is 9.90 Å². The highest BCUT2D eigenvalue weighted by Gasteiger charge is 2.35. The van der Waals surface area contributed by atoms with Crippen molar-refractivity contribution in [3.05, 3.63) is 28.8 Å². The number of anilines is 1. The highest BCUT2D eigenvalue weighted by atomic mass is 35.5. The molecule has 0 saturated carbocycles. The topological polar surface area (TPSA) is 43.8 Å². The van der Waals surface area contributed by atoms with E-state index >= 15 is 0 Å². The highest BCUT2D eigenvalue weighted by molar-refractivity contribution is 6.33. The van der Waals surface area contributed by atoms with Gasteiger partial charge in [-0.25, -0.2) is 0 Å². The van der Waals surface area contributed by atoms with Crippen molar-refractivity contribution in [3.63, 3.8) is 0 Å². The zero-order valence-electron chi connectivity index (χ0n) is 11.6. The molecular formula is C15H19ClN2O2. The molecule has 2 aliphatic heterocycles. The molecule has 2 aliphatic rings. The fourth-order valence-corrected chi connectivity index (χ4v) is 3.43. The molecule has 0 radical (unpaired) electrons. The summed E-state index contributed by atoms with van der Waals surface area (Å²) in [5, 5.41) is 10.3. The summed E-state index contributed by atoms with van der Waals surface area (Å²) in [6.45, 7) is 4.17. The third-order valence-electron chi connectivity index (χ3n) is 4.29. The predicted octanol–water partition coefficient (Wildman–Crippen LogP) is 2.20. The molecule has 4 nitrogen and oxygen atoms in total. The Balaban J connectivity index is 1.79. The average Bonchev–Trinajstić information content (AvgIpc) is 2.79. The molecule has 1 amide bonds. The SMILES string of the molecule is CC(O)c1ccc(N2CCN3C(=O)CCC3C2)c(Cl)c1. The van der Waals surface area contributed by atoms with Gasteiger partial charge in [0, 0.05) is 32.1 Å². The lowest BCUT2D eigenvalue weighted by Gasteiger charge is -2.39. The second-order valence-corrected chi connectivity index (χ2v) is 6.02. The Morgan fingerprint density at radius 1 is 1.40 bits per heavy atom. The van der Waals surface area contributed by atoms with E-state index in [0.29, 0.717) is 17.5 Å². The van der Waals surface area contributed by atoms with Crippen molar-refractivity contribution in [2.75, 3.05) is 24.5 Å². The largest absolute Gasteiger partial charge is 0.389 e. The summed E-state index contributed by atoms with van der Waals surface area (Å²) in [6.07, 6.45) is 1.11. The van der Waals surface area contributed by atoms with Crippen LogP contribution in [0.1, 0.15) is 31.4 Å². The van der Waals surface area contributed by atoms with Crippen LogP contribution in [0, 0.1) is 0 Å². The van der Waals surface area contributed by atoms with Gasteiger partial charge in [0.15, 0.2) is 0 Å². The maximum absolute atomic E-state index is 11.7. The fourth-order valence-electron chi connectivity index (χ4n) is 3.12. The number of amides is 1. The van der Waals surface area contributed by atoms with Crippen LogP contribution in [0.15, 0.2) is 18.2 Å². The minimum atomic E-state index is -0.508. The minimum Gasteiger partial charge on any atom is -0.389 e. The number of fused-ring (bicyclic) bond motifs is 1. The summed E-state index contributed by atoms with van der Waals surface area (Å²) >= 11 is 6.35. The number of aliphatic hydroxyl groups is 1. The number of nitrogens with zero attached hydrogens (tertiary/aromatic N) is 2. The van der Waals surface area contributed by atoms with E-state index in [1.165, 1.54) is 0 Å². The van der Waals surface area contributed by atoms with E-state index in [9.17, 15) is 9.90 Å². The van der Waals surface area contributed by atoms with Crippen LogP contribution in [0.3, 0.4) is 0 Å². The van der Waals surface area contributed by atoms with Crippen LogP contribution in [0.25, 0.3) is 0 Å². The van der Waals surface area contributed by atoms with Gasteiger partial charge in [0.1, 0.15) is 0 Å². The zero-order chi connectivity index (χ0) is 14.3. The van der Waals surface area contributed by atoms with Gasteiger partial charge in [-0.2, -0.15) is 0 Å². The molecule has 0 spiro atoms. The van der Waals surface area contributed by atoms with Gasteiger partial charge in [-0.05, 0) is 31.0 Å². The number of hydrogen-bond donors (Lipinski definition) is 1. The van der Waals surface area contributed by atoms with Gasteiger partial charge in [-0.1, -0.05) is 17.7 Å². The average molecular weight is 295 g/mol. The Bertz CT molecular complexity index is 533. The number of piperazine rings is 1. The van der Waals surface area contributed by atoms with Crippen LogP contribution in [0.4, 0.5) is 5.69 Å². The zero-order valence-corrected chi connectivity index (χ0v) is 12.3. The number of rotatable bonds is 2. The predicted molar refractivity (Wildman–Crippen MR) is 79.0 cm³/mol. The van der Waals surface area contributed by atoms with E-state index in [-0.39, 0.29) is 5.91 Å². The first kappa shape index (κ1) is 13.7. The molecule has 2 saturated heterocycles. The molecule has 0 aliphatic carbocycles. The Kier molecular flexibility index (Phi) is 3.61. The molecule has 1 N–H and O–H groups in total. The van der Waals surface area contributed by atoms with E-state index in [4.69, 9.17) is 11.6 Å². The molecule has 20 heavy (non-hydrogen) atoms. The molecule has 2 heterocycles. The first-order chi connectivity index (χ1) is 9.56. The van der Waals surface area contributed by atoms with Crippen LogP contribution in [-0.4, -0.2) is 41.6 Å². The molecule has 108 valence electrons. The van der Waals surface area contributed by atoms with E-state index in [2.05, 4.69) is 4.90 Å². The molecule has 0 aromatic heterocycles.